The van der Waals surface area contributed by atoms with E-state index in [4.69, 9.17) is 0 Å². The highest BCUT2D eigenvalue weighted by atomic mass is 32.1. The Labute approximate surface area is 163 Å². The minimum atomic E-state index is -0.0752. The third-order valence-electron chi connectivity index (χ3n) is 5.72. The maximum atomic E-state index is 13.4. The molecule has 0 radical (unpaired) electrons. The van der Waals surface area contributed by atoms with Crippen LogP contribution in [0.3, 0.4) is 0 Å². The van der Waals surface area contributed by atoms with E-state index in [0.717, 1.165) is 24.2 Å². The molecule has 1 aliphatic heterocycles. The Morgan fingerprint density at radius 3 is 2.70 bits per heavy atom. The van der Waals surface area contributed by atoms with E-state index in [1.807, 2.05) is 4.90 Å². The first-order chi connectivity index (χ1) is 13.3. The molecule has 1 aliphatic carbocycles. The van der Waals surface area contributed by atoms with Crippen LogP contribution in [0.15, 0.2) is 60.1 Å². The van der Waals surface area contributed by atoms with Gasteiger partial charge in [0.1, 0.15) is 6.04 Å². The minimum Gasteiger partial charge on any atom is -0.335 e. The smallest absolute Gasteiger partial charge is 0.318 e. The summed E-state index contributed by atoms with van der Waals surface area (Å²) in [7, 11) is 0. The number of para-hydroxylation sites is 1. The number of urea groups is 1. The molecule has 27 heavy (non-hydrogen) atoms. The second-order valence-corrected chi connectivity index (χ2v) is 8.39. The van der Waals surface area contributed by atoms with Gasteiger partial charge in [-0.2, -0.15) is 0 Å². The van der Waals surface area contributed by atoms with Crippen LogP contribution in [0.5, 0.6) is 0 Å². The summed E-state index contributed by atoms with van der Waals surface area (Å²) in [5.41, 5.74) is 3.48. The zero-order valence-electron chi connectivity index (χ0n) is 15.2. The van der Waals surface area contributed by atoms with Gasteiger partial charge in [0.25, 0.3) is 0 Å². The Morgan fingerprint density at radius 2 is 1.89 bits per heavy atom. The van der Waals surface area contributed by atoms with Gasteiger partial charge in [0, 0.05) is 17.1 Å². The predicted octanol–water partition coefficient (Wildman–Crippen LogP) is 5.10. The number of hydrogen-bond donors (Lipinski definition) is 1. The van der Waals surface area contributed by atoms with E-state index in [2.05, 4.69) is 70.0 Å². The van der Waals surface area contributed by atoms with E-state index >= 15 is 0 Å². The number of fused-ring (bicyclic) bond motifs is 3. The molecule has 3 heterocycles. The van der Waals surface area contributed by atoms with Crippen molar-refractivity contribution in [3.8, 4) is 5.69 Å². The van der Waals surface area contributed by atoms with Crippen LogP contribution < -0.4 is 5.32 Å². The molecule has 2 aliphatic rings. The summed E-state index contributed by atoms with van der Waals surface area (Å²) in [6.45, 7) is 0.610. The summed E-state index contributed by atoms with van der Waals surface area (Å²) in [6.07, 6.45) is 6.72. The van der Waals surface area contributed by atoms with Crippen LogP contribution in [0.25, 0.3) is 5.69 Å². The maximum Gasteiger partial charge on any atom is 0.318 e. The van der Waals surface area contributed by atoms with Gasteiger partial charge in [0.05, 0.1) is 17.9 Å². The van der Waals surface area contributed by atoms with Gasteiger partial charge in [-0.05, 0) is 48.1 Å². The predicted molar refractivity (Wildman–Crippen MR) is 108 cm³/mol. The zero-order valence-corrected chi connectivity index (χ0v) is 16.0. The van der Waals surface area contributed by atoms with E-state index in [-0.39, 0.29) is 12.1 Å². The zero-order chi connectivity index (χ0) is 18.2. The van der Waals surface area contributed by atoms with Crippen molar-refractivity contribution in [2.24, 2.45) is 0 Å². The Morgan fingerprint density at radius 1 is 1.04 bits per heavy atom. The lowest BCUT2D eigenvalue weighted by atomic mass is 10.1. The largest absolute Gasteiger partial charge is 0.335 e. The standard InChI is InChI=1S/C22H23N3OS/c26-22(23-17-8-2-3-9-17)25-15-16-7-1-4-10-18(16)24-13-5-11-19(24)21(25)20-12-6-14-27-20/h1,4-7,10-14,17,21H,2-3,8-9,15H2,(H,23,26)/t21-/m0/s1. The number of aromatic nitrogens is 1. The van der Waals surface area contributed by atoms with Crippen LogP contribution in [0.4, 0.5) is 4.79 Å². The Hall–Kier alpha value is -2.53. The first kappa shape index (κ1) is 16.6. The first-order valence-electron chi connectivity index (χ1n) is 9.67. The highest BCUT2D eigenvalue weighted by molar-refractivity contribution is 7.10. The molecular weight excluding hydrogens is 354 g/mol. The number of carbonyl (C=O) groups excluding carboxylic acids is 1. The van der Waals surface area contributed by atoms with Gasteiger partial charge in [-0.15, -0.1) is 11.3 Å². The second kappa shape index (κ2) is 6.89. The van der Waals surface area contributed by atoms with Crippen molar-refractivity contribution < 1.29 is 4.79 Å². The Kier molecular flexibility index (Phi) is 4.24. The van der Waals surface area contributed by atoms with Gasteiger partial charge in [-0.25, -0.2) is 4.79 Å². The monoisotopic (exact) mass is 377 g/mol. The van der Waals surface area contributed by atoms with Crippen LogP contribution in [-0.2, 0) is 6.54 Å². The van der Waals surface area contributed by atoms with Gasteiger partial charge in [-0.3, -0.25) is 0 Å². The van der Waals surface area contributed by atoms with E-state index < -0.39 is 0 Å². The molecule has 0 unspecified atom stereocenters. The molecule has 1 atom stereocenters. The molecule has 2 aromatic heterocycles. The minimum absolute atomic E-state index is 0.0461. The summed E-state index contributed by atoms with van der Waals surface area (Å²) < 4.78 is 2.24. The number of thiophene rings is 1. The first-order valence-corrected chi connectivity index (χ1v) is 10.6. The molecule has 3 aromatic rings. The molecule has 0 bridgehead atoms. The molecule has 1 fully saturated rings. The van der Waals surface area contributed by atoms with Gasteiger partial charge in [0.15, 0.2) is 0 Å². The lowest BCUT2D eigenvalue weighted by Crippen LogP contribution is -2.45. The van der Waals surface area contributed by atoms with E-state index in [1.54, 1.807) is 11.3 Å². The fraction of sp³-hybridized carbons (Fsp3) is 0.318. The van der Waals surface area contributed by atoms with Crippen molar-refractivity contribution in [1.82, 2.24) is 14.8 Å². The van der Waals surface area contributed by atoms with Crippen LogP contribution in [0.1, 0.15) is 47.9 Å². The molecule has 2 amide bonds. The molecule has 1 aromatic carbocycles. The van der Waals surface area contributed by atoms with Gasteiger partial charge < -0.3 is 14.8 Å². The number of rotatable bonds is 2. The topological polar surface area (TPSA) is 37.3 Å². The molecule has 0 saturated heterocycles. The SMILES string of the molecule is O=C(NC1CCCC1)N1Cc2ccccc2-n2cccc2[C@H]1c1cccs1. The number of nitrogens with one attached hydrogen (secondary N) is 1. The van der Waals surface area contributed by atoms with Crippen molar-refractivity contribution >= 4 is 17.4 Å². The quantitative estimate of drug-likeness (QED) is 0.663. The summed E-state index contributed by atoms with van der Waals surface area (Å²) in [5, 5.41) is 5.40. The fourth-order valence-corrected chi connectivity index (χ4v) is 5.26. The third kappa shape index (κ3) is 2.96. The molecule has 1 N–H and O–H groups in total. The molecular formula is C22H23N3OS. The van der Waals surface area contributed by atoms with Crippen LogP contribution in [0.2, 0.25) is 0 Å². The number of benzene rings is 1. The summed E-state index contributed by atoms with van der Waals surface area (Å²) in [4.78, 5) is 16.6. The number of nitrogens with zero attached hydrogens (tertiary/aromatic N) is 2. The van der Waals surface area contributed by atoms with Crippen molar-refractivity contribution in [2.45, 2.75) is 44.3 Å². The van der Waals surface area contributed by atoms with Crippen LogP contribution >= 0.6 is 11.3 Å². The highest BCUT2D eigenvalue weighted by Crippen LogP contribution is 2.38. The lowest BCUT2D eigenvalue weighted by molar-refractivity contribution is 0.177. The van der Waals surface area contributed by atoms with E-state index in [9.17, 15) is 4.79 Å². The van der Waals surface area contributed by atoms with Gasteiger partial charge >= 0.3 is 6.03 Å². The number of carbonyl (C=O) groups is 1. The second-order valence-electron chi connectivity index (χ2n) is 7.41. The lowest BCUT2D eigenvalue weighted by Gasteiger charge is -2.31. The van der Waals surface area contributed by atoms with E-state index in [0.29, 0.717) is 12.6 Å². The average Bonchev–Trinajstić information content (AvgIpc) is 3.44. The van der Waals surface area contributed by atoms with Crippen LogP contribution in [0, 0.1) is 0 Å². The van der Waals surface area contributed by atoms with Gasteiger partial charge in [-0.1, -0.05) is 37.1 Å². The Balaban J connectivity index is 1.60. The van der Waals surface area contributed by atoms with Crippen molar-refractivity contribution in [3.63, 3.8) is 0 Å². The molecule has 4 nitrogen and oxygen atoms in total. The molecule has 1 saturated carbocycles. The third-order valence-corrected chi connectivity index (χ3v) is 6.65. The molecule has 5 rings (SSSR count). The molecule has 5 heteroatoms. The maximum absolute atomic E-state index is 13.4. The van der Waals surface area contributed by atoms with Gasteiger partial charge in [0.2, 0.25) is 0 Å². The molecule has 138 valence electrons. The van der Waals surface area contributed by atoms with Crippen molar-refractivity contribution in [3.05, 3.63) is 76.2 Å². The van der Waals surface area contributed by atoms with Crippen molar-refractivity contribution in [1.29, 1.82) is 0 Å². The van der Waals surface area contributed by atoms with Crippen LogP contribution in [-0.4, -0.2) is 21.5 Å². The Bertz CT molecular complexity index is 940. The normalized spacial score (nSPS) is 19.4. The fourth-order valence-electron chi connectivity index (χ4n) is 4.41. The summed E-state index contributed by atoms with van der Waals surface area (Å²) >= 11 is 1.71. The summed E-state index contributed by atoms with van der Waals surface area (Å²) in [5.74, 6) is 0. The summed E-state index contributed by atoms with van der Waals surface area (Å²) in [6, 6.07) is 17.1. The van der Waals surface area contributed by atoms with Crippen molar-refractivity contribution in [2.75, 3.05) is 0 Å². The average molecular weight is 378 g/mol. The molecule has 0 spiro atoms. The number of hydrogen-bond acceptors (Lipinski definition) is 2. The van der Waals surface area contributed by atoms with E-state index in [1.165, 1.54) is 23.3 Å². The highest BCUT2D eigenvalue weighted by Gasteiger charge is 2.34. The number of amides is 2.